The molecule has 12 heteroatoms. The number of methoxy groups -OCH3 is 1. The fourth-order valence-electron chi connectivity index (χ4n) is 3.01. The van der Waals surface area contributed by atoms with Gasteiger partial charge in [0, 0.05) is 52.6 Å². The lowest BCUT2D eigenvalue weighted by Gasteiger charge is -2.15. The summed E-state index contributed by atoms with van der Waals surface area (Å²) in [6, 6.07) is 10.4. The van der Waals surface area contributed by atoms with E-state index in [-0.39, 0.29) is 6.04 Å². The number of rotatable bonds is 11. The molecule has 0 saturated heterocycles. The highest BCUT2D eigenvalue weighted by Gasteiger charge is 2.12. The number of hydrogen-bond donors (Lipinski definition) is 3. The van der Waals surface area contributed by atoms with E-state index in [4.69, 9.17) is 14.6 Å². The highest BCUT2D eigenvalue weighted by molar-refractivity contribution is 7.96. The highest BCUT2D eigenvalue weighted by Crippen LogP contribution is 2.34. The molecule has 1 aromatic heterocycles. The number of aromatic nitrogens is 2. The molecule has 0 amide bonds. The van der Waals surface area contributed by atoms with Crippen molar-refractivity contribution in [2.24, 2.45) is 3.77 Å². The van der Waals surface area contributed by atoms with Crippen LogP contribution in [0.25, 0.3) is 10.9 Å². The van der Waals surface area contributed by atoms with E-state index in [1.54, 1.807) is 36.6 Å². The van der Waals surface area contributed by atoms with Crippen molar-refractivity contribution in [2.45, 2.75) is 31.2 Å². The minimum atomic E-state index is -1.47. The second-order valence-electron chi connectivity index (χ2n) is 7.50. The van der Waals surface area contributed by atoms with Crippen LogP contribution >= 0.6 is 0 Å². The number of nitrogens with one attached hydrogen (secondary N) is 2. The molecule has 2 atom stereocenters. The van der Waals surface area contributed by atoms with Gasteiger partial charge in [0.15, 0.2) is 22.5 Å². The van der Waals surface area contributed by atoms with Crippen LogP contribution in [0.4, 0.5) is 11.5 Å². The van der Waals surface area contributed by atoms with Crippen molar-refractivity contribution < 1.29 is 24.0 Å². The average molecular weight is 523 g/mol. The predicted molar refractivity (Wildman–Crippen MR) is 141 cm³/mol. The molecule has 35 heavy (non-hydrogen) atoms. The Bertz CT molecular complexity index is 1170. The first kappa shape index (κ1) is 28.3. The number of benzene rings is 2. The molecule has 3 N–H and O–H groups in total. The lowest BCUT2D eigenvalue weighted by molar-refractivity contribution is -0.379. The van der Waals surface area contributed by atoms with Gasteiger partial charge in [0.2, 0.25) is 0 Å². The number of aliphatic hydroxyl groups excluding tert-OH is 1. The number of hydrogen-bond acceptors (Lipinski definition) is 8. The van der Waals surface area contributed by atoms with Gasteiger partial charge in [-0.1, -0.05) is 10.7 Å². The maximum atomic E-state index is 12.4. The van der Waals surface area contributed by atoms with Crippen LogP contribution in [-0.2, 0) is 21.7 Å². The first-order chi connectivity index (χ1) is 16.9. The molecule has 0 saturated carbocycles. The fourth-order valence-corrected chi connectivity index (χ4v) is 5.48. The van der Waals surface area contributed by atoms with Crippen molar-refractivity contribution in [3.8, 4) is 11.5 Å². The molecule has 0 aliphatic rings. The molecule has 3 aromatic rings. The second kappa shape index (κ2) is 14.4. The van der Waals surface area contributed by atoms with Crippen LogP contribution in [0.15, 0.2) is 51.4 Å². The lowest BCUT2D eigenvalue weighted by atomic mass is 10.2. The summed E-state index contributed by atoms with van der Waals surface area (Å²) in [5.74, 6) is 2.72. The zero-order valence-corrected chi connectivity index (χ0v) is 22.1. The van der Waals surface area contributed by atoms with Gasteiger partial charge in [0.1, 0.15) is 12.1 Å². The Morgan fingerprint density at radius 2 is 1.86 bits per heavy atom. The third-order valence-electron chi connectivity index (χ3n) is 4.56. The molecular weight excluding hydrogens is 490 g/mol. The number of anilines is 1. The van der Waals surface area contributed by atoms with Gasteiger partial charge in [-0.25, -0.2) is 14.2 Å². The normalized spacial score (nSPS) is 12.5. The Balaban J connectivity index is 0.00000210. The fraction of sp³-hybridized carbons (Fsp3) is 0.391. The smallest absolute Gasteiger partial charge is 0.253 e. The molecule has 10 nitrogen and oxygen atoms in total. The maximum Gasteiger partial charge on any atom is 0.253 e. The molecule has 1 heterocycles. The number of nitroso groups, excluding NO2 is 1. The molecule has 0 radical (unpaired) electrons. The van der Waals surface area contributed by atoms with Gasteiger partial charge in [0.05, 0.1) is 24.1 Å². The zero-order chi connectivity index (χ0) is 25.8. The average Bonchev–Trinajstić information content (AvgIpc) is 2.87. The summed E-state index contributed by atoms with van der Waals surface area (Å²) in [5.41, 5.74) is 1.19. The van der Waals surface area contributed by atoms with Crippen LogP contribution in [-0.4, -0.2) is 58.2 Å². The Kier molecular flexibility index (Phi) is 11.7. The van der Waals surface area contributed by atoms with Gasteiger partial charge in [0.25, 0.3) is 5.69 Å². The largest absolute Gasteiger partial charge is 0.493 e. The number of nitrogens with zero attached hydrogens (tertiary/aromatic N) is 3. The van der Waals surface area contributed by atoms with Crippen molar-refractivity contribution in [2.75, 3.05) is 38.2 Å². The van der Waals surface area contributed by atoms with Crippen molar-refractivity contribution >= 4 is 44.1 Å². The van der Waals surface area contributed by atoms with Crippen molar-refractivity contribution in [3.63, 3.8) is 0 Å². The van der Waals surface area contributed by atoms with E-state index in [0.29, 0.717) is 28.7 Å². The lowest BCUT2D eigenvalue weighted by Crippen LogP contribution is -2.55. The zero-order valence-electron chi connectivity index (χ0n) is 20.5. The summed E-state index contributed by atoms with van der Waals surface area (Å²) in [6.07, 6.45) is 4.21. The topological polar surface area (TPSA) is 137 Å². The molecule has 0 fully saturated rings. The maximum absolute atomic E-state index is 12.4. The standard InChI is InChI=1S/C22H27N5O4S2.CH4O/c1-15(2)25-22-18-12-20(30-3)21(13-19(18)23-14-24-22)31-10-5-11-32(4)27-33(29)17-8-6-16(26-28)7-9-17;1-2/h6-9,12-15H,5,10-11H2,1-4H3,(H,23,24,25);2H,1H3/p+1. The first-order valence-electron chi connectivity index (χ1n) is 10.8. The van der Waals surface area contributed by atoms with Gasteiger partial charge in [-0.15, -0.1) is 0 Å². The van der Waals surface area contributed by atoms with Crippen molar-refractivity contribution in [1.29, 1.82) is 0 Å². The number of fused-ring (bicyclic) bond motifs is 1. The van der Waals surface area contributed by atoms with E-state index >= 15 is 0 Å². The van der Waals surface area contributed by atoms with Gasteiger partial charge in [-0.05, 0) is 44.7 Å². The quantitative estimate of drug-likeness (QED) is 0.327. The molecular formula is C23H32N5O5S2+. The molecule has 3 rings (SSSR count). The molecule has 0 spiro atoms. The van der Waals surface area contributed by atoms with E-state index in [2.05, 4.69) is 19.1 Å². The van der Waals surface area contributed by atoms with E-state index in [1.807, 2.05) is 32.2 Å². The predicted octanol–water partition coefficient (Wildman–Crippen LogP) is 2.47. The summed E-state index contributed by atoms with van der Waals surface area (Å²) >= 11 is 0. The van der Waals surface area contributed by atoms with Crippen LogP contribution in [0.1, 0.15) is 20.3 Å². The summed E-state index contributed by atoms with van der Waals surface area (Å²) < 4.78 is 28.2. The Labute approximate surface area is 210 Å². The minimum absolute atomic E-state index is 0.238. The van der Waals surface area contributed by atoms with Crippen molar-refractivity contribution in [1.82, 2.24) is 9.97 Å². The summed E-state index contributed by atoms with van der Waals surface area (Å²) in [7, 11) is 0.739. The third kappa shape index (κ3) is 8.34. The molecule has 190 valence electrons. The molecule has 2 aromatic carbocycles. The second-order valence-corrected chi connectivity index (χ2v) is 10.7. The van der Waals surface area contributed by atoms with E-state index in [1.165, 1.54) is 6.33 Å². The number of ether oxygens (including phenoxy) is 2. The van der Waals surface area contributed by atoms with Gasteiger partial charge >= 0.3 is 0 Å². The van der Waals surface area contributed by atoms with Crippen LogP contribution in [0, 0.1) is 4.91 Å². The summed E-state index contributed by atoms with van der Waals surface area (Å²) in [6.45, 7) is 4.57. The van der Waals surface area contributed by atoms with Crippen LogP contribution in [0.2, 0.25) is 0 Å². The SMILES string of the molecule is CO.COc1cc2c(NC(C)C)ncnc2cc1OCCC/S(C)=N\S(=O)c1ccc([NH+]=O)cc1. The molecule has 0 aliphatic heterocycles. The van der Waals surface area contributed by atoms with E-state index < -0.39 is 21.7 Å². The Morgan fingerprint density at radius 1 is 1.14 bits per heavy atom. The summed E-state index contributed by atoms with van der Waals surface area (Å²) in [5, 5.41) is 13.0. The van der Waals surface area contributed by atoms with E-state index in [9.17, 15) is 9.12 Å². The molecule has 2 unspecified atom stereocenters. The van der Waals surface area contributed by atoms with Crippen molar-refractivity contribution in [3.05, 3.63) is 47.6 Å². The minimum Gasteiger partial charge on any atom is -0.493 e. The Hall–Kier alpha value is -2.96. The number of aliphatic hydroxyl groups is 1. The van der Waals surface area contributed by atoms with Crippen LogP contribution in [0.5, 0.6) is 11.5 Å². The third-order valence-corrected chi connectivity index (χ3v) is 7.67. The Morgan fingerprint density at radius 3 is 2.49 bits per heavy atom. The summed E-state index contributed by atoms with van der Waals surface area (Å²) in [4.78, 5) is 19.9. The van der Waals surface area contributed by atoms with Gasteiger partial charge in [-0.2, -0.15) is 3.77 Å². The monoisotopic (exact) mass is 522 g/mol. The molecule has 0 bridgehead atoms. The van der Waals surface area contributed by atoms with Crippen LogP contribution in [0.3, 0.4) is 0 Å². The van der Waals surface area contributed by atoms with Crippen LogP contribution < -0.4 is 20.0 Å². The van der Waals surface area contributed by atoms with Gasteiger partial charge in [-0.3, -0.25) is 0 Å². The first-order valence-corrected chi connectivity index (χ1v) is 13.7. The molecule has 0 aliphatic carbocycles. The van der Waals surface area contributed by atoms with Gasteiger partial charge < -0.3 is 19.9 Å². The van der Waals surface area contributed by atoms with E-state index in [0.717, 1.165) is 36.0 Å². The highest BCUT2D eigenvalue weighted by atomic mass is 32.2.